The minimum absolute atomic E-state index is 0.0265. The number of para-hydroxylation sites is 2. The first kappa shape index (κ1) is 30.8. The molecule has 1 unspecified atom stereocenters. The third-order valence-corrected chi connectivity index (χ3v) is 6.72. The molecule has 4 aromatic rings. The van der Waals surface area contributed by atoms with Gasteiger partial charge in [-0.25, -0.2) is 4.98 Å². The fraction of sp³-hybridized carbons (Fsp3) is 0.300. The van der Waals surface area contributed by atoms with E-state index in [-0.39, 0.29) is 37.9 Å². The van der Waals surface area contributed by atoms with E-state index in [0.29, 0.717) is 28.7 Å². The Morgan fingerprint density at radius 2 is 1.52 bits per heavy atom. The van der Waals surface area contributed by atoms with Crippen molar-refractivity contribution in [3.63, 3.8) is 0 Å². The number of methoxy groups -OCH3 is 1. The molecule has 0 N–H and O–H groups in total. The fourth-order valence-corrected chi connectivity index (χ4v) is 4.76. The number of alkyl halides is 6. The number of ether oxygens (including phenoxy) is 1. The molecule has 0 aliphatic rings. The Bertz CT molecular complexity index is 1580. The van der Waals surface area contributed by atoms with E-state index in [0.717, 1.165) is 4.90 Å². The van der Waals surface area contributed by atoms with Gasteiger partial charge in [0.1, 0.15) is 5.82 Å². The second-order valence-electron chi connectivity index (χ2n) is 9.53. The van der Waals surface area contributed by atoms with Crippen molar-refractivity contribution in [2.45, 2.75) is 38.2 Å². The van der Waals surface area contributed by atoms with Crippen molar-refractivity contribution in [2.75, 3.05) is 20.3 Å². The monoisotopic (exact) mass is 591 g/mol. The second kappa shape index (κ2) is 12.4. The normalized spacial score (nSPS) is 12.9. The van der Waals surface area contributed by atoms with Gasteiger partial charge in [0.15, 0.2) is 0 Å². The summed E-state index contributed by atoms with van der Waals surface area (Å²) in [5.74, 6) is -0.960. The Balaban J connectivity index is 1.95. The van der Waals surface area contributed by atoms with Crippen LogP contribution in [0, 0.1) is 0 Å². The van der Waals surface area contributed by atoms with Crippen LogP contribution in [0.4, 0.5) is 26.3 Å². The van der Waals surface area contributed by atoms with Crippen LogP contribution in [-0.4, -0.2) is 40.6 Å². The second-order valence-corrected chi connectivity index (χ2v) is 9.53. The largest absolute Gasteiger partial charge is 0.416 e. The van der Waals surface area contributed by atoms with Gasteiger partial charge in [0.2, 0.25) is 0 Å². The van der Waals surface area contributed by atoms with E-state index >= 15 is 0 Å². The van der Waals surface area contributed by atoms with Crippen LogP contribution in [0.5, 0.6) is 0 Å². The highest BCUT2D eigenvalue weighted by molar-refractivity contribution is 5.95. The maximum absolute atomic E-state index is 13.9. The van der Waals surface area contributed by atoms with Gasteiger partial charge in [-0.1, -0.05) is 37.3 Å². The van der Waals surface area contributed by atoms with Crippen molar-refractivity contribution in [3.8, 4) is 5.69 Å². The van der Waals surface area contributed by atoms with E-state index in [1.165, 1.54) is 11.7 Å². The first-order valence-corrected chi connectivity index (χ1v) is 13.0. The van der Waals surface area contributed by atoms with Crippen molar-refractivity contribution in [3.05, 3.63) is 106 Å². The number of carbonyl (C=O) groups excluding carboxylic acids is 1. The number of hydrogen-bond donors (Lipinski definition) is 0. The zero-order valence-corrected chi connectivity index (χ0v) is 22.7. The Morgan fingerprint density at radius 3 is 2.10 bits per heavy atom. The first-order valence-electron chi connectivity index (χ1n) is 13.0. The average Bonchev–Trinajstić information content (AvgIpc) is 2.96. The highest BCUT2D eigenvalue weighted by atomic mass is 19.4. The molecule has 0 saturated carbocycles. The molecule has 12 heteroatoms. The maximum atomic E-state index is 13.9. The van der Waals surface area contributed by atoms with E-state index < -0.39 is 46.6 Å². The number of aromatic nitrogens is 2. The van der Waals surface area contributed by atoms with Gasteiger partial charge in [-0.3, -0.25) is 14.2 Å². The molecule has 1 atom stereocenters. The van der Waals surface area contributed by atoms with Gasteiger partial charge >= 0.3 is 12.4 Å². The predicted octanol–water partition coefficient (Wildman–Crippen LogP) is 7.05. The summed E-state index contributed by atoms with van der Waals surface area (Å²) in [5.41, 5.74) is -3.68. The zero-order chi connectivity index (χ0) is 30.7. The molecule has 0 spiro atoms. The molecule has 0 fully saturated rings. The smallest absolute Gasteiger partial charge is 0.385 e. The van der Waals surface area contributed by atoms with Crippen LogP contribution in [0.2, 0.25) is 0 Å². The molecule has 0 bridgehead atoms. The molecule has 0 saturated heterocycles. The Kier molecular flexibility index (Phi) is 9.05. The summed E-state index contributed by atoms with van der Waals surface area (Å²) in [6.45, 7) is 1.75. The number of nitrogens with zero attached hydrogens (tertiary/aromatic N) is 3. The number of fused-ring (bicyclic) bond motifs is 1. The zero-order valence-electron chi connectivity index (χ0n) is 22.7. The quantitative estimate of drug-likeness (QED) is 0.155. The van der Waals surface area contributed by atoms with Gasteiger partial charge in [0.05, 0.1) is 33.8 Å². The standard InChI is InChI=1S/C30H27F6N3O3/c1-3-25(26-37-24-13-8-7-12-23(24)28(41)39(26)22-10-5-4-6-11-22)38(14-9-15-42-2)27(40)19-16-20(29(31,32)33)18-21(17-19)30(34,35)36/h4-8,10-13,16-18,25H,3,9,14-15H2,1-2H3. The van der Waals surface area contributed by atoms with Gasteiger partial charge in [0.25, 0.3) is 11.5 Å². The van der Waals surface area contributed by atoms with Crippen molar-refractivity contribution < 1.29 is 35.9 Å². The summed E-state index contributed by atoms with van der Waals surface area (Å²) in [5, 5.41) is 0.296. The van der Waals surface area contributed by atoms with Crippen molar-refractivity contribution in [1.29, 1.82) is 0 Å². The summed E-state index contributed by atoms with van der Waals surface area (Å²) in [4.78, 5) is 33.5. The third-order valence-electron chi connectivity index (χ3n) is 6.72. The van der Waals surface area contributed by atoms with Crippen LogP contribution < -0.4 is 5.56 Å². The SMILES string of the molecule is CCC(c1nc2ccccc2c(=O)n1-c1ccccc1)N(CCCOC)C(=O)c1cc(C(F)(F)F)cc(C(F)(F)F)c1. The fourth-order valence-electron chi connectivity index (χ4n) is 4.76. The Morgan fingerprint density at radius 1 is 0.929 bits per heavy atom. The highest BCUT2D eigenvalue weighted by Crippen LogP contribution is 2.37. The van der Waals surface area contributed by atoms with Gasteiger partial charge in [0, 0.05) is 25.8 Å². The molecule has 1 heterocycles. The van der Waals surface area contributed by atoms with Gasteiger partial charge in [-0.2, -0.15) is 26.3 Å². The van der Waals surface area contributed by atoms with Crippen LogP contribution in [0.25, 0.3) is 16.6 Å². The number of hydrogen-bond acceptors (Lipinski definition) is 4. The molecule has 1 amide bonds. The van der Waals surface area contributed by atoms with Crippen molar-refractivity contribution in [2.24, 2.45) is 0 Å². The van der Waals surface area contributed by atoms with Crippen LogP contribution in [0.1, 0.15) is 53.1 Å². The molecular weight excluding hydrogens is 564 g/mol. The highest BCUT2D eigenvalue weighted by Gasteiger charge is 2.39. The summed E-state index contributed by atoms with van der Waals surface area (Å²) >= 11 is 0. The molecule has 6 nitrogen and oxygen atoms in total. The van der Waals surface area contributed by atoms with Crippen molar-refractivity contribution >= 4 is 16.8 Å². The summed E-state index contributed by atoms with van der Waals surface area (Å²) < 4.78 is 88.1. The topological polar surface area (TPSA) is 64.4 Å². The predicted molar refractivity (Wildman–Crippen MR) is 144 cm³/mol. The van der Waals surface area contributed by atoms with Crippen LogP contribution in [-0.2, 0) is 17.1 Å². The summed E-state index contributed by atoms with van der Waals surface area (Å²) in [7, 11) is 1.42. The number of amides is 1. The Hall–Kier alpha value is -4.19. The lowest BCUT2D eigenvalue weighted by Gasteiger charge is -2.33. The van der Waals surface area contributed by atoms with Crippen molar-refractivity contribution in [1.82, 2.24) is 14.5 Å². The van der Waals surface area contributed by atoms with E-state index in [9.17, 15) is 35.9 Å². The molecule has 42 heavy (non-hydrogen) atoms. The van der Waals surface area contributed by atoms with Gasteiger partial charge in [-0.15, -0.1) is 0 Å². The van der Waals surface area contributed by atoms with Gasteiger partial charge < -0.3 is 9.64 Å². The Labute approximate surface area is 237 Å². The summed E-state index contributed by atoms with van der Waals surface area (Å²) in [6.07, 6.45) is -9.90. The number of benzene rings is 3. The lowest BCUT2D eigenvalue weighted by molar-refractivity contribution is -0.143. The molecular formula is C30H27F6N3O3. The molecule has 222 valence electrons. The van der Waals surface area contributed by atoms with Gasteiger partial charge in [-0.05, 0) is 55.3 Å². The molecule has 3 aromatic carbocycles. The maximum Gasteiger partial charge on any atom is 0.416 e. The third kappa shape index (κ3) is 6.48. The molecule has 0 aliphatic carbocycles. The number of rotatable bonds is 9. The lowest BCUT2D eigenvalue weighted by atomic mass is 10.0. The molecule has 0 radical (unpaired) electrons. The first-order chi connectivity index (χ1) is 19.9. The lowest BCUT2D eigenvalue weighted by Crippen LogP contribution is -2.39. The van der Waals surface area contributed by atoms with Crippen LogP contribution >= 0.6 is 0 Å². The minimum Gasteiger partial charge on any atom is -0.385 e. The van der Waals surface area contributed by atoms with E-state index in [2.05, 4.69) is 0 Å². The van der Waals surface area contributed by atoms with E-state index in [1.807, 2.05) is 0 Å². The molecule has 0 aliphatic heterocycles. The van der Waals surface area contributed by atoms with Crippen LogP contribution in [0.3, 0.4) is 0 Å². The molecule has 4 rings (SSSR count). The minimum atomic E-state index is -5.13. The van der Waals surface area contributed by atoms with E-state index in [1.54, 1.807) is 61.5 Å². The molecule has 1 aromatic heterocycles. The number of halogens is 6. The number of carbonyl (C=O) groups is 1. The van der Waals surface area contributed by atoms with Crippen LogP contribution in [0.15, 0.2) is 77.6 Å². The average molecular weight is 592 g/mol. The van der Waals surface area contributed by atoms with E-state index in [4.69, 9.17) is 9.72 Å². The summed E-state index contributed by atoms with van der Waals surface area (Å²) in [6, 6.07) is 14.8.